The van der Waals surface area contributed by atoms with Crippen molar-refractivity contribution in [3.8, 4) is 0 Å². The number of fused-ring (bicyclic) bond motifs is 1. The summed E-state index contributed by atoms with van der Waals surface area (Å²) in [6.07, 6.45) is 1.56. The molecule has 3 aromatic rings. The zero-order valence-corrected chi connectivity index (χ0v) is 9.54. The Bertz CT molecular complexity index is 650. The molecule has 0 bridgehead atoms. The van der Waals surface area contributed by atoms with E-state index in [1.807, 2.05) is 30.3 Å². The van der Waals surface area contributed by atoms with E-state index >= 15 is 0 Å². The van der Waals surface area contributed by atoms with Crippen molar-refractivity contribution in [1.29, 1.82) is 0 Å². The van der Waals surface area contributed by atoms with Crippen LogP contribution in [0.4, 0.5) is 0 Å². The van der Waals surface area contributed by atoms with Crippen molar-refractivity contribution in [3.63, 3.8) is 0 Å². The second-order valence-corrected chi connectivity index (χ2v) is 4.08. The van der Waals surface area contributed by atoms with Crippen LogP contribution in [0.2, 0.25) is 5.02 Å². The number of halogens is 1. The van der Waals surface area contributed by atoms with E-state index in [1.165, 1.54) is 0 Å². The van der Waals surface area contributed by atoms with Crippen molar-refractivity contribution in [2.75, 3.05) is 0 Å². The van der Waals surface area contributed by atoms with Gasteiger partial charge in [-0.05, 0) is 28.6 Å². The molecule has 0 amide bonds. The molecule has 5 nitrogen and oxygen atoms in total. The van der Waals surface area contributed by atoms with Crippen LogP contribution in [-0.2, 0) is 6.54 Å². The molecule has 0 aliphatic heterocycles. The molecule has 0 radical (unpaired) electrons. The van der Waals surface area contributed by atoms with Crippen molar-refractivity contribution >= 4 is 22.5 Å². The molecule has 1 aromatic carbocycles. The molecule has 0 aliphatic carbocycles. The zero-order chi connectivity index (χ0) is 11.7. The molecule has 0 aliphatic rings. The maximum absolute atomic E-state index is 5.94. The summed E-state index contributed by atoms with van der Waals surface area (Å²) in [4.78, 5) is 4.51. The SMILES string of the molecule is Clc1ccc2ccc(Cn3cnnn3)nc2c1. The molecule has 2 heterocycles. The highest BCUT2D eigenvalue weighted by atomic mass is 35.5. The van der Waals surface area contributed by atoms with Crippen molar-refractivity contribution in [2.45, 2.75) is 6.54 Å². The van der Waals surface area contributed by atoms with Crippen LogP contribution in [0, 0.1) is 0 Å². The number of aromatic nitrogens is 5. The van der Waals surface area contributed by atoms with Crippen LogP contribution >= 0.6 is 11.6 Å². The van der Waals surface area contributed by atoms with Crippen molar-refractivity contribution in [2.24, 2.45) is 0 Å². The molecule has 17 heavy (non-hydrogen) atoms. The molecule has 0 N–H and O–H groups in total. The highest BCUT2D eigenvalue weighted by Gasteiger charge is 2.01. The van der Waals surface area contributed by atoms with E-state index in [1.54, 1.807) is 11.0 Å². The van der Waals surface area contributed by atoms with Gasteiger partial charge in [-0.15, -0.1) is 5.10 Å². The van der Waals surface area contributed by atoms with Gasteiger partial charge in [-0.3, -0.25) is 4.98 Å². The standard InChI is InChI=1S/C11H8ClN5/c12-9-3-1-8-2-4-10(14-11(8)5-9)6-17-7-13-15-16-17/h1-5,7H,6H2. The van der Waals surface area contributed by atoms with Gasteiger partial charge in [-0.1, -0.05) is 23.7 Å². The number of benzene rings is 1. The lowest BCUT2D eigenvalue weighted by atomic mass is 10.2. The normalized spacial score (nSPS) is 10.9. The molecule has 0 unspecified atom stereocenters. The molecule has 0 fully saturated rings. The van der Waals surface area contributed by atoms with Gasteiger partial charge in [-0.25, -0.2) is 4.68 Å². The third kappa shape index (κ3) is 2.09. The number of tetrazole rings is 1. The van der Waals surface area contributed by atoms with E-state index in [0.29, 0.717) is 11.6 Å². The monoisotopic (exact) mass is 245 g/mol. The lowest BCUT2D eigenvalue weighted by Crippen LogP contribution is -2.02. The summed E-state index contributed by atoms with van der Waals surface area (Å²) in [7, 11) is 0. The fourth-order valence-corrected chi connectivity index (χ4v) is 1.81. The minimum absolute atomic E-state index is 0.551. The minimum atomic E-state index is 0.551. The summed E-state index contributed by atoms with van der Waals surface area (Å²) < 4.78 is 1.62. The largest absolute Gasteiger partial charge is 0.251 e. The van der Waals surface area contributed by atoms with E-state index in [9.17, 15) is 0 Å². The molecule has 0 saturated heterocycles. The maximum Gasteiger partial charge on any atom is 0.138 e. The second kappa shape index (κ2) is 4.10. The van der Waals surface area contributed by atoms with Crippen LogP contribution < -0.4 is 0 Å². The van der Waals surface area contributed by atoms with E-state index in [2.05, 4.69) is 20.5 Å². The van der Waals surface area contributed by atoms with Crippen LogP contribution in [0.3, 0.4) is 0 Å². The predicted molar refractivity (Wildman–Crippen MR) is 63.7 cm³/mol. The molecule has 2 aromatic heterocycles. The zero-order valence-electron chi connectivity index (χ0n) is 8.79. The Hall–Kier alpha value is -2.01. The van der Waals surface area contributed by atoms with Crippen molar-refractivity contribution in [1.82, 2.24) is 25.2 Å². The molecular formula is C11H8ClN5. The van der Waals surface area contributed by atoms with Gasteiger partial charge >= 0.3 is 0 Å². The van der Waals surface area contributed by atoms with Gasteiger partial charge in [0.15, 0.2) is 0 Å². The number of nitrogens with zero attached hydrogens (tertiary/aromatic N) is 5. The average Bonchev–Trinajstić information content (AvgIpc) is 2.81. The van der Waals surface area contributed by atoms with Gasteiger partial charge in [0.1, 0.15) is 6.33 Å². The van der Waals surface area contributed by atoms with Gasteiger partial charge in [0.05, 0.1) is 17.8 Å². The third-order valence-corrected chi connectivity index (χ3v) is 2.66. The summed E-state index contributed by atoms with van der Waals surface area (Å²) in [6, 6.07) is 9.62. The predicted octanol–water partition coefficient (Wildman–Crippen LogP) is 1.92. The maximum atomic E-state index is 5.94. The highest BCUT2D eigenvalue weighted by Crippen LogP contribution is 2.18. The topological polar surface area (TPSA) is 56.5 Å². The van der Waals surface area contributed by atoms with Crippen LogP contribution in [0.5, 0.6) is 0 Å². The number of pyridine rings is 1. The Morgan fingerprint density at radius 3 is 2.88 bits per heavy atom. The number of hydrogen-bond donors (Lipinski definition) is 0. The van der Waals surface area contributed by atoms with E-state index in [0.717, 1.165) is 16.6 Å². The fourth-order valence-electron chi connectivity index (χ4n) is 1.64. The van der Waals surface area contributed by atoms with Crippen LogP contribution in [0.15, 0.2) is 36.7 Å². The van der Waals surface area contributed by atoms with Gasteiger partial charge in [0, 0.05) is 10.4 Å². The summed E-state index contributed by atoms with van der Waals surface area (Å²) in [5, 5.41) is 12.7. The molecule has 0 spiro atoms. The van der Waals surface area contributed by atoms with Crippen LogP contribution in [-0.4, -0.2) is 25.2 Å². The van der Waals surface area contributed by atoms with Crippen molar-refractivity contribution < 1.29 is 0 Å². The third-order valence-electron chi connectivity index (χ3n) is 2.43. The number of rotatable bonds is 2. The lowest BCUT2D eigenvalue weighted by Gasteiger charge is -2.02. The summed E-state index contributed by atoms with van der Waals surface area (Å²) in [5.74, 6) is 0. The van der Waals surface area contributed by atoms with Gasteiger partial charge in [0.2, 0.25) is 0 Å². The molecule has 0 saturated carbocycles. The highest BCUT2D eigenvalue weighted by molar-refractivity contribution is 6.31. The number of hydrogen-bond acceptors (Lipinski definition) is 4. The Kier molecular flexibility index (Phi) is 2.45. The van der Waals surface area contributed by atoms with E-state index in [4.69, 9.17) is 11.6 Å². The van der Waals surface area contributed by atoms with E-state index < -0.39 is 0 Å². The van der Waals surface area contributed by atoms with Crippen LogP contribution in [0.1, 0.15) is 5.69 Å². The smallest absolute Gasteiger partial charge is 0.138 e. The van der Waals surface area contributed by atoms with Gasteiger partial charge < -0.3 is 0 Å². The molecule has 3 rings (SSSR count). The second-order valence-electron chi connectivity index (χ2n) is 3.65. The quantitative estimate of drug-likeness (QED) is 0.692. The first-order valence-electron chi connectivity index (χ1n) is 5.07. The average molecular weight is 246 g/mol. The minimum Gasteiger partial charge on any atom is -0.251 e. The first-order valence-corrected chi connectivity index (χ1v) is 5.45. The molecular weight excluding hydrogens is 238 g/mol. The fraction of sp³-hybridized carbons (Fsp3) is 0.0909. The Balaban J connectivity index is 2.01. The van der Waals surface area contributed by atoms with E-state index in [-0.39, 0.29) is 0 Å². The lowest BCUT2D eigenvalue weighted by molar-refractivity contribution is 0.639. The van der Waals surface area contributed by atoms with Gasteiger partial charge in [-0.2, -0.15) is 0 Å². The Morgan fingerprint density at radius 2 is 2.06 bits per heavy atom. The molecule has 0 atom stereocenters. The molecule has 84 valence electrons. The summed E-state index contributed by atoms with van der Waals surface area (Å²) in [5.41, 5.74) is 1.77. The summed E-state index contributed by atoms with van der Waals surface area (Å²) in [6.45, 7) is 0.551. The first-order chi connectivity index (χ1) is 8.31. The summed E-state index contributed by atoms with van der Waals surface area (Å²) >= 11 is 5.94. The first kappa shape index (κ1) is 10.2. The Labute approximate surface area is 102 Å². The molecule has 6 heteroatoms. The van der Waals surface area contributed by atoms with Crippen molar-refractivity contribution in [3.05, 3.63) is 47.4 Å². The van der Waals surface area contributed by atoms with Crippen LogP contribution in [0.25, 0.3) is 10.9 Å². The Morgan fingerprint density at radius 1 is 1.18 bits per heavy atom. The van der Waals surface area contributed by atoms with Gasteiger partial charge in [0.25, 0.3) is 0 Å².